The molecule has 184 valence electrons. The molecule has 8 aromatic rings. The second kappa shape index (κ2) is 7.37. The Morgan fingerprint density at radius 3 is 2.26 bits per heavy atom. The van der Waals surface area contributed by atoms with E-state index in [-0.39, 0.29) is 5.41 Å². The van der Waals surface area contributed by atoms with Crippen LogP contribution in [0.2, 0.25) is 0 Å². The SMILES string of the molecule is CC1(C)c2ccccc2-c2cc3ccc4c5ccccc5n(-c5cccc6sc7ccccc7c56)c4c3cc21. The minimum absolute atomic E-state index is 0.0390. The summed E-state index contributed by atoms with van der Waals surface area (Å²) in [6.45, 7) is 4.74. The minimum Gasteiger partial charge on any atom is -0.308 e. The number of nitrogens with zero attached hydrogens (tertiary/aromatic N) is 1. The number of aromatic nitrogens is 1. The quantitative estimate of drug-likeness (QED) is 0.205. The molecule has 0 aliphatic heterocycles. The largest absolute Gasteiger partial charge is 0.308 e. The Kier molecular flexibility index (Phi) is 4.07. The molecule has 6 aromatic carbocycles. The Labute approximate surface area is 230 Å². The summed E-state index contributed by atoms with van der Waals surface area (Å²) in [6, 6.07) is 43.0. The van der Waals surface area contributed by atoms with Gasteiger partial charge in [-0.3, -0.25) is 0 Å². The molecular formula is C37H25NS. The molecule has 0 radical (unpaired) electrons. The lowest BCUT2D eigenvalue weighted by atomic mass is 9.82. The van der Waals surface area contributed by atoms with Crippen LogP contribution in [-0.4, -0.2) is 4.57 Å². The van der Waals surface area contributed by atoms with Crippen molar-refractivity contribution in [1.82, 2.24) is 4.57 Å². The van der Waals surface area contributed by atoms with Gasteiger partial charge in [0, 0.05) is 41.7 Å². The number of hydrogen-bond donors (Lipinski definition) is 0. The second-order valence-corrected chi connectivity index (χ2v) is 12.4. The van der Waals surface area contributed by atoms with Gasteiger partial charge in [0.1, 0.15) is 0 Å². The first-order valence-electron chi connectivity index (χ1n) is 13.6. The monoisotopic (exact) mass is 515 g/mol. The Morgan fingerprint density at radius 2 is 1.33 bits per heavy atom. The summed E-state index contributed by atoms with van der Waals surface area (Å²) in [5, 5.41) is 7.89. The Morgan fingerprint density at radius 1 is 0.564 bits per heavy atom. The molecule has 0 fully saturated rings. The molecule has 0 saturated heterocycles. The fourth-order valence-electron chi connectivity index (χ4n) is 7.17. The van der Waals surface area contributed by atoms with Crippen molar-refractivity contribution in [3.05, 3.63) is 126 Å². The molecule has 2 aromatic heterocycles. The molecule has 39 heavy (non-hydrogen) atoms. The number of thiophene rings is 1. The number of benzene rings is 6. The van der Waals surface area contributed by atoms with Gasteiger partial charge in [0.2, 0.25) is 0 Å². The van der Waals surface area contributed by atoms with Gasteiger partial charge in [-0.25, -0.2) is 0 Å². The Hall–Kier alpha value is -4.40. The standard InChI is InChI=1S/C37H25NS/c1-37(2)29-13-6-3-10-23(29)28-20-22-18-19-25-24-11-4-7-14-31(24)38(36(25)27(22)21-30(28)37)32-15-9-17-34-35(32)26-12-5-8-16-33(26)39-34/h3-21H,1-2H3. The molecule has 0 atom stereocenters. The first-order chi connectivity index (χ1) is 19.1. The summed E-state index contributed by atoms with van der Waals surface area (Å²) < 4.78 is 5.20. The number of hydrogen-bond acceptors (Lipinski definition) is 1. The first-order valence-corrected chi connectivity index (χ1v) is 14.4. The van der Waals surface area contributed by atoms with E-state index in [1.54, 1.807) is 0 Å². The van der Waals surface area contributed by atoms with Crippen LogP contribution in [-0.2, 0) is 5.41 Å². The lowest BCUT2D eigenvalue weighted by Crippen LogP contribution is -2.14. The van der Waals surface area contributed by atoms with E-state index in [2.05, 4.69) is 134 Å². The summed E-state index contributed by atoms with van der Waals surface area (Å²) >= 11 is 1.88. The van der Waals surface area contributed by atoms with E-state index in [1.165, 1.54) is 80.7 Å². The molecule has 1 aliphatic carbocycles. The molecule has 0 N–H and O–H groups in total. The highest BCUT2D eigenvalue weighted by Gasteiger charge is 2.35. The van der Waals surface area contributed by atoms with Gasteiger partial charge in [-0.2, -0.15) is 0 Å². The van der Waals surface area contributed by atoms with Gasteiger partial charge in [0.25, 0.3) is 0 Å². The molecule has 1 nitrogen and oxygen atoms in total. The minimum atomic E-state index is -0.0390. The normalized spacial score (nSPS) is 14.1. The van der Waals surface area contributed by atoms with Crippen LogP contribution < -0.4 is 0 Å². The summed E-state index contributed by atoms with van der Waals surface area (Å²) in [5.41, 5.74) is 9.35. The van der Waals surface area contributed by atoms with Crippen molar-refractivity contribution in [2.75, 3.05) is 0 Å². The van der Waals surface area contributed by atoms with Gasteiger partial charge in [0.15, 0.2) is 0 Å². The van der Waals surface area contributed by atoms with Gasteiger partial charge in [-0.05, 0) is 64.0 Å². The molecule has 2 heterocycles. The van der Waals surface area contributed by atoms with Gasteiger partial charge >= 0.3 is 0 Å². The van der Waals surface area contributed by atoms with Gasteiger partial charge < -0.3 is 4.57 Å². The molecule has 0 spiro atoms. The van der Waals surface area contributed by atoms with Crippen molar-refractivity contribution in [3.63, 3.8) is 0 Å². The highest BCUT2D eigenvalue weighted by atomic mass is 32.1. The predicted molar refractivity (Wildman–Crippen MR) is 169 cm³/mol. The number of rotatable bonds is 1. The van der Waals surface area contributed by atoms with Crippen LogP contribution in [0.4, 0.5) is 0 Å². The maximum absolute atomic E-state index is 2.54. The smallest absolute Gasteiger partial charge is 0.0619 e. The summed E-state index contributed by atoms with van der Waals surface area (Å²) in [5.74, 6) is 0. The zero-order valence-corrected chi connectivity index (χ0v) is 22.6. The van der Waals surface area contributed by atoms with Crippen molar-refractivity contribution in [2.24, 2.45) is 0 Å². The van der Waals surface area contributed by atoms with Crippen molar-refractivity contribution in [2.45, 2.75) is 19.3 Å². The third kappa shape index (κ3) is 2.69. The zero-order chi connectivity index (χ0) is 25.9. The van der Waals surface area contributed by atoms with Crippen LogP contribution in [0.5, 0.6) is 0 Å². The van der Waals surface area contributed by atoms with Crippen LogP contribution in [0, 0.1) is 0 Å². The molecule has 0 bridgehead atoms. The van der Waals surface area contributed by atoms with Crippen molar-refractivity contribution >= 4 is 64.1 Å². The molecule has 9 rings (SSSR count). The first kappa shape index (κ1) is 21.5. The van der Waals surface area contributed by atoms with E-state index in [0.29, 0.717) is 0 Å². The highest BCUT2D eigenvalue weighted by molar-refractivity contribution is 7.25. The lowest BCUT2D eigenvalue weighted by molar-refractivity contribution is 0.661. The zero-order valence-electron chi connectivity index (χ0n) is 21.8. The summed E-state index contributed by atoms with van der Waals surface area (Å²) in [4.78, 5) is 0. The fraction of sp³-hybridized carbons (Fsp3) is 0.0811. The fourth-order valence-corrected chi connectivity index (χ4v) is 8.30. The van der Waals surface area contributed by atoms with Crippen LogP contribution in [0.1, 0.15) is 25.0 Å². The predicted octanol–water partition coefficient (Wildman–Crippen LogP) is 10.6. The van der Waals surface area contributed by atoms with E-state index in [4.69, 9.17) is 0 Å². The van der Waals surface area contributed by atoms with E-state index in [0.717, 1.165) is 0 Å². The average Bonchev–Trinajstić information content (AvgIpc) is 3.59. The van der Waals surface area contributed by atoms with Crippen LogP contribution in [0.25, 0.3) is 69.6 Å². The van der Waals surface area contributed by atoms with Crippen molar-refractivity contribution in [3.8, 4) is 16.8 Å². The molecule has 0 amide bonds. The number of para-hydroxylation sites is 1. The van der Waals surface area contributed by atoms with E-state index in [9.17, 15) is 0 Å². The van der Waals surface area contributed by atoms with Gasteiger partial charge in [0.05, 0.1) is 16.7 Å². The van der Waals surface area contributed by atoms with Crippen LogP contribution in [0.15, 0.2) is 115 Å². The third-order valence-corrected chi connectivity index (χ3v) is 10.1. The Balaban J connectivity index is 1.48. The lowest BCUT2D eigenvalue weighted by Gasteiger charge is -2.22. The average molecular weight is 516 g/mol. The van der Waals surface area contributed by atoms with Crippen molar-refractivity contribution < 1.29 is 0 Å². The maximum Gasteiger partial charge on any atom is 0.0619 e. The summed E-state index contributed by atoms with van der Waals surface area (Å²) in [7, 11) is 0. The summed E-state index contributed by atoms with van der Waals surface area (Å²) in [6.07, 6.45) is 0. The van der Waals surface area contributed by atoms with Gasteiger partial charge in [-0.15, -0.1) is 11.3 Å². The highest BCUT2D eigenvalue weighted by Crippen LogP contribution is 2.51. The molecule has 2 heteroatoms. The Bertz CT molecular complexity index is 2310. The maximum atomic E-state index is 2.54. The van der Waals surface area contributed by atoms with E-state index < -0.39 is 0 Å². The van der Waals surface area contributed by atoms with E-state index >= 15 is 0 Å². The van der Waals surface area contributed by atoms with Crippen molar-refractivity contribution in [1.29, 1.82) is 0 Å². The molecule has 1 aliphatic rings. The topological polar surface area (TPSA) is 4.93 Å². The third-order valence-electron chi connectivity index (χ3n) is 8.97. The second-order valence-electron chi connectivity index (χ2n) is 11.4. The molecular weight excluding hydrogens is 490 g/mol. The molecule has 0 saturated carbocycles. The number of fused-ring (bicyclic) bond motifs is 11. The van der Waals surface area contributed by atoms with Crippen LogP contribution >= 0.6 is 11.3 Å². The van der Waals surface area contributed by atoms with Gasteiger partial charge in [-0.1, -0.05) is 92.7 Å². The molecule has 0 unspecified atom stereocenters. The van der Waals surface area contributed by atoms with Crippen LogP contribution in [0.3, 0.4) is 0 Å². The van der Waals surface area contributed by atoms with E-state index in [1.807, 2.05) is 11.3 Å².